The molecule has 36 heavy (non-hydrogen) atoms. The Kier molecular flexibility index (Phi) is 8.03. The van der Waals surface area contributed by atoms with Crippen molar-refractivity contribution in [3.8, 4) is 0 Å². The van der Waals surface area contributed by atoms with Crippen LogP contribution in [0.1, 0.15) is 48.5 Å². The normalized spacial score (nSPS) is 20.1. The first-order valence-electron chi connectivity index (χ1n) is 12.4. The van der Waals surface area contributed by atoms with E-state index in [0.29, 0.717) is 36.9 Å². The summed E-state index contributed by atoms with van der Waals surface area (Å²) in [5.41, 5.74) is 10.2. The Morgan fingerprint density at radius 3 is 2.67 bits per heavy atom. The van der Waals surface area contributed by atoms with E-state index in [1.807, 2.05) is 56.3 Å². The minimum absolute atomic E-state index is 0.176. The second kappa shape index (κ2) is 11.2. The van der Waals surface area contributed by atoms with Crippen molar-refractivity contribution >= 4 is 22.9 Å². The summed E-state index contributed by atoms with van der Waals surface area (Å²) in [5.74, 6) is -0.317. The molecule has 1 unspecified atom stereocenters. The zero-order valence-electron chi connectivity index (χ0n) is 21.0. The number of nitrogens with zero attached hydrogens (tertiary/aromatic N) is 1. The largest absolute Gasteiger partial charge is 0.438 e. The number of hydrogen-bond acceptors (Lipinski definition) is 7. The molecule has 2 heterocycles. The lowest BCUT2D eigenvalue weighted by Gasteiger charge is -2.24. The number of fused-ring (bicyclic) bond motifs is 1. The summed E-state index contributed by atoms with van der Waals surface area (Å²) < 4.78 is 5.90. The highest BCUT2D eigenvalue weighted by atomic mass is 16.4. The van der Waals surface area contributed by atoms with E-state index >= 15 is 0 Å². The molecule has 9 nitrogen and oxygen atoms in total. The molecule has 0 bridgehead atoms. The number of hydrogen-bond donors (Lipinski definition) is 5. The van der Waals surface area contributed by atoms with Crippen molar-refractivity contribution < 1.29 is 19.1 Å². The fourth-order valence-electron chi connectivity index (χ4n) is 4.43. The van der Waals surface area contributed by atoms with Crippen LogP contribution in [-0.4, -0.2) is 52.6 Å². The van der Waals surface area contributed by atoms with Gasteiger partial charge in [0.15, 0.2) is 11.7 Å². The average molecular weight is 494 g/mol. The summed E-state index contributed by atoms with van der Waals surface area (Å²) >= 11 is 0. The van der Waals surface area contributed by atoms with E-state index in [2.05, 4.69) is 20.9 Å². The van der Waals surface area contributed by atoms with Gasteiger partial charge in [0.1, 0.15) is 5.52 Å². The monoisotopic (exact) mass is 493 g/mol. The number of carbonyl (C=O) groups is 2. The first-order valence-corrected chi connectivity index (χ1v) is 12.4. The fraction of sp³-hybridized carbons (Fsp3) is 0.444. The number of aryl methyl sites for hydroxylation is 3. The molecule has 3 aromatic rings. The third kappa shape index (κ3) is 6.10. The van der Waals surface area contributed by atoms with E-state index in [4.69, 9.17) is 10.2 Å². The van der Waals surface area contributed by atoms with E-state index in [1.165, 1.54) is 0 Å². The summed E-state index contributed by atoms with van der Waals surface area (Å²) in [6.45, 7) is 6.09. The molecule has 0 saturated carbocycles. The maximum absolute atomic E-state index is 13.2. The summed E-state index contributed by atoms with van der Waals surface area (Å²) in [4.78, 5) is 29.6. The third-order valence-electron chi connectivity index (χ3n) is 6.78. The standard InChI is InChI=1S/C27H35N5O4/c1-15-11-21-23(12-16(15)2)36-27(32-21)24(33)20(10-9-18-7-5-4-6-8-18)31-26(35)22-13-19(14-29-22)30-25(34)17(3)28/h4-8,11-12,17,19-20,22,24,29,33H,9-10,13-14,28H2,1-3H3,(H,30,34)(H,31,35)/t17-,19+,20-,22-,24?/m1/s1. The molecule has 6 N–H and O–H groups in total. The Bertz CT molecular complexity index is 1170. The molecular weight excluding hydrogens is 458 g/mol. The maximum atomic E-state index is 13.2. The van der Waals surface area contributed by atoms with Gasteiger partial charge in [0, 0.05) is 12.6 Å². The van der Waals surface area contributed by atoms with Gasteiger partial charge in [0.25, 0.3) is 0 Å². The van der Waals surface area contributed by atoms with Gasteiger partial charge in [-0.25, -0.2) is 4.98 Å². The lowest BCUT2D eigenvalue weighted by atomic mass is 10.00. The zero-order chi connectivity index (χ0) is 25.8. The van der Waals surface area contributed by atoms with Gasteiger partial charge in [-0.05, 0) is 68.9 Å². The molecule has 2 aromatic carbocycles. The number of rotatable bonds is 9. The predicted molar refractivity (Wildman–Crippen MR) is 137 cm³/mol. The summed E-state index contributed by atoms with van der Waals surface area (Å²) in [6.07, 6.45) is 0.464. The van der Waals surface area contributed by atoms with Crippen molar-refractivity contribution in [2.75, 3.05) is 6.54 Å². The van der Waals surface area contributed by atoms with E-state index in [1.54, 1.807) is 6.92 Å². The number of carbonyl (C=O) groups excluding carboxylic acids is 2. The van der Waals surface area contributed by atoms with Gasteiger partial charge in [0.2, 0.25) is 17.7 Å². The van der Waals surface area contributed by atoms with Crippen molar-refractivity contribution in [2.24, 2.45) is 5.73 Å². The quantitative estimate of drug-likeness (QED) is 0.306. The van der Waals surface area contributed by atoms with Gasteiger partial charge in [-0.2, -0.15) is 0 Å². The van der Waals surface area contributed by atoms with Crippen LogP contribution < -0.4 is 21.7 Å². The topological polar surface area (TPSA) is 143 Å². The van der Waals surface area contributed by atoms with E-state index in [-0.39, 0.29) is 23.7 Å². The maximum Gasteiger partial charge on any atom is 0.237 e. The number of nitrogens with one attached hydrogen (secondary N) is 3. The fourth-order valence-corrected chi connectivity index (χ4v) is 4.43. The van der Waals surface area contributed by atoms with Crippen LogP contribution >= 0.6 is 0 Å². The molecule has 1 fully saturated rings. The van der Waals surface area contributed by atoms with Crippen LogP contribution in [0.2, 0.25) is 0 Å². The van der Waals surface area contributed by atoms with Gasteiger partial charge in [-0.15, -0.1) is 0 Å². The van der Waals surface area contributed by atoms with E-state index in [9.17, 15) is 14.7 Å². The summed E-state index contributed by atoms with van der Waals surface area (Å²) in [7, 11) is 0. The lowest BCUT2D eigenvalue weighted by Crippen LogP contribution is -2.47. The Hall–Kier alpha value is -3.27. The van der Waals surface area contributed by atoms with Crippen molar-refractivity contribution in [3.05, 3.63) is 65.0 Å². The molecule has 1 aliphatic rings. The highest BCUT2D eigenvalue weighted by molar-refractivity contribution is 5.84. The molecule has 0 radical (unpaired) electrons. The Morgan fingerprint density at radius 2 is 1.94 bits per heavy atom. The van der Waals surface area contributed by atoms with Crippen LogP contribution in [0.3, 0.4) is 0 Å². The summed E-state index contributed by atoms with van der Waals surface area (Å²) in [6, 6.07) is 11.8. The third-order valence-corrected chi connectivity index (χ3v) is 6.78. The van der Waals surface area contributed by atoms with Gasteiger partial charge >= 0.3 is 0 Å². The van der Waals surface area contributed by atoms with Crippen LogP contribution in [0.25, 0.3) is 11.1 Å². The van der Waals surface area contributed by atoms with E-state index in [0.717, 1.165) is 16.7 Å². The Morgan fingerprint density at radius 1 is 1.22 bits per heavy atom. The van der Waals surface area contributed by atoms with E-state index < -0.39 is 24.2 Å². The zero-order valence-corrected chi connectivity index (χ0v) is 21.0. The van der Waals surface area contributed by atoms with Crippen molar-refractivity contribution in [2.45, 2.75) is 70.3 Å². The summed E-state index contributed by atoms with van der Waals surface area (Å²) in [5, 5.41) is 20.3. The molecule has 1 saturated heterocycles. The van der Waals surface area contributed by atoms with Gasteiger partial charge in [0.05, 0.1) is 18.1 Å². The second-order valence-electron chi connectivity index (χ2n) is 9.73. The molecule has 192 valence electrons. The molecule has 9 heteroatoms. The SMILES string of the molecule is Cc1cc2nc(C(O)[C@@H](CCc3ccccc3)NC(=O)[C@H]3C[C@H](NC(=O)[C@@H](C)N)CN3)oc2cc1C. The Balaban J connectivity index is 1.48. The minimum Gasteiger partial charge on any atom is -0.438 e. The first-order chi connectivity index (χ1) is 17.2. The van der Waals surface area contributed by atoms with Gasteiger partial charge in [-0.3, -0.25) is 9.59 Å². The number of amides is 2. The Labute approximate surface area is 210 Å². The van der Waals surface area contributed by atoms with Crippen LogP contribution in [0, 0.1) is 13.8 Å². The minimum atomic E-state index is -1.12. The number of benzene rings is 2. The van der Waals surface area contributed by atoms with Crippen LogP contribution in [0.4, 0.5) is 0 Å². The number of aromatic nitrogens is 1. The first kappa shape index (κ1) is 25.8. The molecule has 1 aliphatic heterocycles. The second-order valence-corrected chi connectivity index (χ2v) is 9.73. The molecule has 1 aromatic heterocycles. The number of aliphatic hydroxyl groups is 1. The number of nitrogens with two attached hydrogens (primary N) is 1. The molecule has 2 amide bonds. The van der Waals surface area contributed by atoms with Crippen LogP contribution in [0.15, 0.2) is 46.9 Å². The van der Waals surface area contributed by atoms with Gasteiger partial charge < -0.3 is 31.2 Å². The molecule has 0 aliphatic carbocycles. The lowest BCUT2D eigenvalue weighted by molar-refractivity contribution is -0.125. The van der Waals surface area contributed by atoms with Crippen molar-refractivity contribution in [1.82, 2.24) is 20.9 Å². The molecule has 0 spiro atoms. The molecule has 5 atom stereocenters. The number of oxazole rings is 1. The average Bonchev–Trinajstić information content (AvgIpc) is 3.49. The highest BCUT2D eigenvalue weighted by Gasteiger charge is 2.34. The molecule has 4 rings (SSSR count). The smallest absolute Gasteiger partial charge is 0.237 e. The predicted octanol–water partition coefficient (Wildman–Crippen LogP) is 1.79. The molecular formula is C27H35N5O4. The van der Waals surface area contributed by atoms with Gasteiger partial charge in [-0.1, -0.05) is 30.3 Å². The van der Waals surface area contributed by atoms with Crippen molar-refractivity contribution in [3.63, 3.8) is 0 Å². The van der Waals surface area contributed by atoms with Crippen LogP contribution in [-0.2, 0) is 16.0 Å². The van der Waals surface area contributed by atoms with Crippen molar-refractivity contribution in [1.29, 1.82) is 0 Å². The van der Waals surface area contributed by atoms with Crippen LogP contribution in [0.5, 0.6) is 0 Å². The number of aliphatic hydroxyl groups excluding tert-OH is 1. The highest BCUT2D eigenvalue weighted by Crippen LogP contribution is 2.26.